The standard InChI is InChI=1S/C17H32N4/c1-3-18-16(19-13-15-7-5-11-20(15)4-2)21-12-10-17(14-21)8-6-9-17/h15H,3-14H2,1-2H3,(H,18,19). The van der Waals surface area contributed by atoms with Gasteiger partial charge in [0.25, 0.3) is 0 Å². The van der Waals surface area contributed by atoms with E-state index in [0.29, 0.717) is 11.5 Å². The summed E-state index contributed by atoms with van der Waals surface area (Å²) in [5.74, 6) is 1.17. The maximum absolute atomic E-state index is 4.99. The number of nitrogens with one attached hydrogen (secondary N) is 1. The molecular formula is C17H32N4. The number of guanidine groups is 1. The van der Waals surface area contributed by atoms with E-state index in [1.807, 2.05) is 0 Å². The van der Waals surface area contributed by atoms with E-state index in [9.17, 15) is 0 Å². The van der Waals surface area contributed by atoms with Crippen LogP contribution < -0.4 is 5.32 Å². The fraction of sp³-hybridized carbons (Fsp3) is 0.941. The Morgan fingerprint density at radius 1 is 1.19 bits per heavy atom. The second-order valence-electron chi connectivity index (χ2n) is 7.14. The van der Waals surface area contributed by atoms with Crippen molar-refractivity contribution in [3.8, 4) is 0 Å². The molecule has 1 saturated carbocycles. The van der Waals surface area contributed by atoms with Crippen molar-refractivity contribution in [2.24, 2.45) is 10.4 Å². The molecule has 3 fully saturated rings. The molecule has 2 heterocycles. The fourth-order valence-corrected chi connectivity index (χ4v) is 4.34. The smallest absolute Gasteiger partial charge is 0.193 e. The van der Waals surface area contributed by atoms with E-state index in [0.717, 1.165) is 13.1 Å². The number of nitrogens with zero attached hydrogens (tertiary/aromatic N) is 3. The van der Waals surface area contributed by atoms with Crippen molar-refractivity contribution >= 4 is 5.96 Å². The molecule has 1 N–H and O–H groups in total. The third-order valence-corrected chi connectivity index (χ3v) is 5.84. The van der Waals surface area contributed by atoms with Crippen molar-refractivity contribution in [1.29, 1.82) is 0 Å². The molecule has 120 valence electrons. The van der Waals surface area contributed by atoms with Crippen LogP contribution in [0.4, 0.5) is 0 Å². The fourth-order valence-electron chi connectivity index (χ4n) is 4.34. The molecule has 4 nitrogen and oxygen atoms in total. The Morgan fingerprint density at radius 2 is 2.05 bits per heavy atom. The number of likely N-dealkylation sites (tertiary alicyclic amines) is 2. The molecule has 1 unspecified atom stereocenters. The van der Waals surface area contributed by atoms with Crippen molar-refractivity contribution < 1.29 is 0 Å². The number of rotatable bonds is 4. The van der Waals surface area contributed by atoms with E-state index in [1.54, 1.807) is 0 Å². The zero-order valence-corrected chi connectivity index (χ0v) is 13.9. The molecule has 3 rings (SSSR count). The molecule has 0 radical (unpaired) electrons. The van der Waals surface area contributed by atoms with Gasteiger partial charge in [-0.1, -0.05) is 13.3 Å². The molecule has 4 heteroatoms. The quantitative estimate of drug-likeness (QED) is 0.637. The zero-order chi connectivity index (χ0) is 14.7. The van der Waals surface area contributed by atoms with Gasteiger partial charge in [-0.05, 0) is 57.5 Å². The van der Waals surface area contributed by atoms with Gasteiger partial charge in [0, 0.05) is 25.7 Å². The summed E-state index contributed by atoms with van der Waals surface area (Å²) >= 11 is 0. The van der Waals surface area contributed by atoms with Crippen molar-refractivity contribution in [2.75, 3.05) is 39.3 Å². The first-order valence-electron chi connectivity index (χ1n) is 9.04. The lowest BCUT2D eigenvalue weighted by atomic mass is 9.68. The number of likely N-dealkylation sites (N-methyl/N-ethyl adjacent to an activating group) is 1. The minimum Gasteiger partial charge on any atom is -0.357 e. The van der Waals surface area contributed by atoms with Gasteiger partial charge >= 0.3 is 0 Å². The Labute approximate surface area is 130 Å². The summed E-state index contributed by atoms with van der Waals surface area (Å²) in [6, 6.07) is 0.670. The highest BCUT2D eigenvalue weighted by atomic mass is 15.3. The molecule has 1 atom stereocenters. The number of hydrogen-bond acceptors (Lipinski definition) is 2. The molecular weight excluding hydrogens is 260 g/mol. The second kappa shape index (κ2) is 6.55. The lowest BCUT2D eigenvalue weighted by Crippen LogP contribution is -2.43. The zero-order valence-electron chi connectivity index (χ0n) is 13.9. The van der Waals surface area contributed by atoms with E-state index in [2.05, 4.69) is 29.0 Å². The molecule has 2 saturated heterocycles. The summed E-state index contributed by atoms with van der Waals surface area (Å²) in [5, 5.41) is 3.52. The highest BCUT2D eigenvalue weighted by Gasteiger charge is 2.43. The Hall–Kier alpha value is -0.770. The maximum Gasteiger partial charge on any atom is 0.193 e. The van der Waals surface area contributed by atoms with Crippen LogP contribution in [0.5, 0.6) is 0 Å². The SMILES string of the molecule is CCNC(=NCC1CCCN1CC)N1CCC2(CCC2)C1. The molecule has 1 spiro atoms. The van der Waals surface area contributed by atoms with Gasteiger partial charge < -0.3 is 10.2 Å². The van der Waals surface area contributed by atoms with Gasteiger partial charge in [0.05, 0.1) is 6.54 Å². The molecule has 0 amide bonds. The summed E-state index contributed by atoms with van der Waals surface area (Å²) in [4.78, 5) is 10.1. The minimum absolute atomic E-state index is 0.652. The molecule has 0 aromatic rings. The number of hydrogen-bond donors (Lipinski definition) is 1. The van der Waals surface area contributed by atoms with Crippen LogP contribution in [0.25, 0.3) is 0 Å². The Kier molecular flexibility index (Phi) is 4.72. The summed E-state index contributed by atoms with van der Waals surface area (Å²) in [6.07, 6.45) is 8.36. The lowest BCUT2D eigenvalue weighted by Gasteiger charge is -2.38. The van der Waals surface area contributed by atoms with Gasteiger partial charge in [0.1, 0.15) is 0 Å². The van der Waals surface area contributed by atoms with E-state index >= 15 is 0 Å². The van der Waals surface area contributed by atoms with Gasteiger partial charge in [-0.2, -0.15) is 0 Å². The molecule has 21 heavy (non-hydrogen) atoms. The summed E-state index contributed by atoms with van der Waals surface area (Å²) in [6.45, 7) is 11.3. The summed E-state index contributed by atoms with van der Waals surface area (Å²) in [5.41, 5.74) is 0.652. The first-order valence-corrected chi connectivity index (χ1v) is 9.04. The molecule has 0 bridgehead atoms. The van der Waals surface area contributed by atoms with E-state index in [-0.39, 0.29) is 0 Å². The van der Waals surface area contributed by atoms with Crippen LogP contribution in [0.2, 0.25) is 0 Å². The predicted octanol–water partition coefficient (Wildman–Crippen LogP) is 2.31. The van der Waals surface area contributed by atoms with Gasteiger partial charge in [-0.15, -0.1) is 0 Å². The topological polar surface area (TPSA) is 30.9 Å². The summed E-state index contributed by atoms with van der Waals surface area (Å²) < 4.78 is 0. The Morgan fingerprint density at radius 3 is 2.67 bits per heavy atom. The third kappa shape index (κ3) is 3.20. The van der Waals surface area contributed by atoms with E-state index in [4.69, 9.17) is 4.99 Å². The van der Waals surface area contributed by atoms with Crippen LogP contribution in [0.15, 0.2) is 4.99 Å². The lowest BCUT2D eigenvalue weighted by molar-refractivity contribution is 0.151. The van der Waals surface area contributed by atoms with Gasteiger partial charge in [0.2, 0.25) is 0 Å². The predicted molar refractivity (Wildman–Crippen MR) is 88.7 cm³/mol. The van der Waals surface area contributed by atoms with Crippen LogP contribution in [-0.4, -0.2) is 61.1 Å². The largest absolute Gasteiger partial charge is 0.357 e. The highest BCUT2D eigenvalue weighted by molar-refractivity contribution is 5.80. The van der Waals surface area contributed by atoms with Gasteiger partial charge in [-0.3, -0.25) is 9.89 Å². The molecule has 1 aliphatic carbocycles. The Balaban J connectivity index is 1.59. The number of aliphatic imine (C=N–C) groups is 1. The Bertz CT molecular complexity index is 375. The van der Waals surface area contributed by atoms with Crippen LogP contribution in [0.3, 0.4) is 0 Å². The molecule has 0 aromatic heterocycles. The first-order chi connectivity index (χ1) is 10.3. The average molecular weight is 292 g/mol. The minimum atomic E-state index is 0.652. The van der Waals surface area contributed by atoms with Crippen molar-refractivity contribution in [3.63, 3.8) is 0 Å². The molecule has 0 aromatic carbocycles. The maximum atomic E-state index is 4.99. The van der Waals surface area contributed by atoms with Crippen molar-refractivity contribution in [2.45, 2.75) is 58.4 Å². The monoisotopic (exact) mass is 292 g/mol. The van der Waals surface area contributed by atoms with E-state index in [1.165, 1.54) is 70.7 Å². The highest BCUT2D eigenvalue weighted by Crippen LogP contribution is 2.47. The molecule has 3 aliphatic rings. The van der Waals surface area contributed by atoms with E-state index < -0.39 is 0 Å². The normalized spacial score (nSPS) is 29.1. The van der Waals surface area contributed by atoms with Gasteiger partial charge in [0.15, 0.2) is 5.96 Å². The first kappa shape index (κ1) is 15.1. The van der Waals surface area contributed by atoms with Crippen molar-refractivity contribution in [1.82, 2.24) is 15.1 Å². The van der Waals surface area contributed by atoms with Gasteiger partial charge in [-0.25, -0.2) is 0 Å². The van der Waals surface area contributed by atoms with Crippen LogP contribution in [-0.2, 0) is 0 Å². The second-order valence-corrected chi connectivity index (χ2v) is 7.14. The third-order valence-electron chi connectivity index (χ3n) is 5.84. The summed E-state index contributed by atoms with van der Waals surface area (Å²) in [7, 11) is 0. The molecule has 2 aliphatic heterocycles. The van der Waals surface area contributed by atoms with Crippen LogP contribution in [0.1, 0.15) is 52.4 Å². The van der Waals surface area contributed by atoms with Crippen molar-refractivity contribution in [3.05, 3.63) is 0 Å². The van der Waals surface area contributed by atoms with Crippen LogP contribution >= 0.6 is 0 Å². The average Bonchev–Trinajstić information content (AvgIpc) is 3.09. The van der Waals surface area contributed by atoms with Crippen LogP contribution in [0, 0.1) is 5.41 Å².